The van der Waals surface area contributed by atoms with Crippen molar-refractivity contribution in [3.05, 3.63) is 71.7 Å². The molecule has 2 aromatic carbocycles. The normalized spacial score (nSPS) is 18.7. The van der Waals surface area contributed by atoms with Gasteiger partial charge in [0.1, 0.15) is 5.82 Å². The van der Waals surface area contributed by atoms with E-state index in [1.165, 1.54) is 16.4 Å². The van der Waals surface area contributed by atoms with Crippen LogP contribution >= 0.6 is 0 Å². The number of benzene rings is 2. The fraction of sp³-hybridized carbons (Fsp3) is 0.250. The van der Waals surface area contributed by atoms with Crippen LogP contribution in [0, 0.1) is 12.7 Å². The highest BCUT2D eigenvalue weighted by molar-refractivity contribution is 7.89. The number of hydrogen-bond donors (Lipinski definition) is 0. The third-order valence-electron chi connectivity index (χ3n) is 4.81. The van der Waals surface area contributed by atoms with E-state index in [4.69, 9.17) is 4.74 Å². The molecule has 1 aliphatic heterocycles. The van der Waals surface area contributed by atoms with Gasteiger partial charge in [-0.25, -0.2) is 12.8 Å². The minimum atomic E-state index is -3.84. The molecule has 0 N–H and O–H groups in total. The first-order valence-electron chi connectivity index (χ1n) is 8.68. The second kappa shape index (κ2) is 6.99. The van der Waals surface area contributed by atoms with Gasteiger partial charge < -0.3 is 4.74 Å². The number of pyridine rings is 1. The van der Waals surface area contributed by atoms with Crippen molar-refractivity contribution in [1.29, 1.82) is 0 Å². The Kier molecular flexibility index (Phi) is 4.67. The number of halogens is 1. The van der Waals surface area contributed by atoms with Crippen LogP contribution in [0.5, 0.6) is 0 Å². The van der Waals surface area contributed by atoms with E-state index >= 15 is 0 Å². The summed E-state index contributed by atoms with van der Waals surface area (Å²) in [5, 5.41) is 0.585. The highest BCUT2D eigenvalue weighted by atomic mass is 32.2. The molecule has 7 heteroatoms. The van der Waals surface area contributed by atoms with E-state index in [-0.39, 0.29) is 18.0 Å². The van der Waals surface area contributed by atoms with Gasteiger partial charge in [-0.15, -0.1) is 0 Å². The lowest BCUT2D eigenvalue weighted by molar-refractivity contribution is 0.0320. The monoisotopic (exact) mass is 386 g/mol. The molecule has 1 aliphatic rings. The molecule has 3 aromatic rings. The van der Waals surface area contributed by atoms with Crippen LogP contribution in [0.25, 0.3) is 10.9 Å². The molecular formula is C20H19FN2O3S. The van der Waals surface area contributed by atoms with Gasteiger partial charge in [-0.3, -0.25) is 4.98 Å². The Morgan fingerprint density at radius 2 is 2.04 bits per heavy atom. The predicted molar refractivity (Wildman–Crippen MR) is 100 cm³/mol. The molecule has 1 saturated heterocycles. The quantitative estimate of drug-likeness (QED) is 0.692. The number of aromatic nitrogens is 1. The third kappa shape index (κ3) is 3.22. The molecule has 2 heterocycles. The van der Waals surface area contributed by atoms with Gasteiger partial charge in [0.05, 0.1) is 29.7 Å². The molecule has 0 amide bonds. The van der Waals surface area contributed by atoms with Crippen LogP contribution in [0.4, 0.5) is 4.39 Å². The fourth-order valence-corrected chi connectivity index (χ4v) is 5.54. The van der Waals surface area contributed by atoms with Gasteiger partial charge >= 0.3 is 0 Å². The van der Waals surface area contributed by atoms with Crippen molar-refractivity contribution in [3.8, 4) is 0 Å². The van der Waals surface area contributed by atoms with E-state index in [1.807, 2.05) is 6.07 Å². The molecule has 1 fully saturated rings. The number of nitrogens with zero attached hydrogens (tertiary/aromatic N) is 2. The zero-order chi connectivity index (χ0) is 19.0. The van der Waals surface area contributed by atoms with Crippen LogP contribution < -0.4 is 0 Å². The van der Waals surface area contributed by atoms with Gasteiger partial charge in [-0.05, 0) is 48.4 Å². The standard InChI is InChI=1S/C20H19FN2O3S/c1-14-7-8-18-17(6-3-9-22-18)20(14)27(24,25)23-10-11-26-13-19(23)15-4-2-5-16(21)12-15/h2-9,12,19H,10-11,13H2,1H3. The van der Waals surface area contributed by atoms with E-state index in [0.29, 0.717) is 28.6 Å². The molecule has 0 bridgehead atoms. The van der Waals surface area contributed by atoms with Crippen molar-refractivity contribution in [2.75, 3.05) is 19.8 Å². The molecule has 0 aliphatic carbocycles. The molecule has 1 atom stereocenters. The molecule has 0 saturated carbocycles. The lowest BCUT2D eigenvalue weighted by Gasteiger charge is -2.35. The van der Waals surface area contributed by atoms with Crippen molar-refractivity contribution in [2.45, 2.75) is 17.9 Å². The van der Waals surface area contributed by atoms with E-state index < -0.39 is 21.9 Å². The Bertz CT molecular complexity index is 1100. The van der Waals surface area contributed by atoms with Crippen LogP contribution in [-0.2, 0) is 14.8 Å². The number of morpholine rings is 1. The second-order valence-corrected chi connectivity index (χ2v) is 8.37. The molecule has 140 valence electrons. The van der Waals surface area contributed by atoms with Gasteiger partial charge in [0.2, 0.25) is 10.0 Å². The molecule has 4 rings (SSSR count). The molecule has 0 radical (unpaired) electrons. The highest BCUT2D eigenvalue weighted by Crippen LogP contribution is 2.34. The van der Waals surface area contributed by atoms with Gasteiger partial charge in [0.15, 0.2) is 0 Å². The number of rotatable bonds is 3. The van der Waals surface area contributed by atoms with Gasteiger partial charge in [0.25, 0.3) is 0 Å². The lowest BCUT2D eigenvalue weighted by Crippen LogP contribution is -2.43. The number of hydrogen-bond acceptors (Lipinski definition) is 4. The predicted octanol–water partition coefficient (Wildman–Crippen LogP) is 3.44. The minimum Gasteiger partial charge on any atom is -0.378 e. The Labute approximate surface area is 157 Å². The van der Waals surface area contributed by atoms with Crippen LogP contribution in [0.2, 0.25) is 0 Å². The summed E-state index contributed by atoms with van der Waals surface area (Å²) in [5.74, 6) is -0.402. The minimum absolute atomic E-state index is 0.185. The van der Waals surface area contributed by atoms with Crippen LogP contribution in [-0.4, -0.2) is 37.5 Å². The van der Waals surface area contributed by atoms with Crippen molar-refractivity contribution in [2.24, 2.45) is 0 Å². The lowest BCUT2D eigenvalue weighted by atomic mass is 10.1. The van der Waals surface area contributed by atoms with Crippen molar-refractivity contribution in [3.63, 3.8) is 0 Å². The number of sulfonamides is 1. The van der Waals surface area contributed by atoms with Crippen molar-refractivity contribution < 1.29 is 17.5 Å². The first-order chi connectivity index (χ1) is 13.0. The summed E-state index contributed by atoms with van der Waals surface area (Å²) in [6, 6.07) is 12.5. The first-order valence-corrected chi connectivity index (χ1v) is 10.1. The molecule has 0 spiro atoms. The Balaban J connectivity index is 1.87. The summed E-state index contributed by atoms with van der Waals surface area (Å²) in [6.45, 7) is 2.47. The van der Waals surface area contributed by atoms with Gasteiger partial charge in [-0.2, -0.15) is 4.31 Å². The summed E-state index contributed by atoms with van der Waals surface area (Å²) < 4.78 is 47.9. The van der Waals surface area contributed by atoms with Crippen LogP contribution in [0.1, 0.15) is 17.2 Å². The van der Waals surface area contributed by atoms with Crippen LogP contribution in [0.15, 0.2) is 59.6 Å². The average Bonchev–Trinajstić information content (AvgIpc) is 2.67. The molecular weight excluding hydrogens is 367 g/mol. The van der Waals surface area contributed by atoms with E-state index in [2.05, 4.69) is 4.98 Å². The number of fused-ring (bicyclic) bond motifs is 1. The Morgan fingerprint density at radius 1 is 1.19 bits per heavy atom. The Hall–Kier alpha value is -2.35. The fourth-order valence-electron chi connectivity index (χ4n) is 3.55. The van der Waals surface area contributed by atoms with Crippen LogP contribution in [0.3, 0.4) is 0 Å². The van der Waals surface area contributed by atoms with Gasteiger partial charge in [0, 0.05) is 18.1 Å². The number of aryl methyl sites for hydroxylation is 1. The summed E-state index contributed by atoms with van der Waals surface area (Å²) in [7, 11) is -3.84. The zero-order valence-corrected chi connectivity index (χ0v) is 15.6. The first kappa shape index (κ1) is 18.0. The molecule has 27 heavy (non-hydrogen) atoms. The zero-order valence-electron chi connectivity index (χ0n) is 14.8. The summed E-state index contributed by atoms with van der Waals surface area (Å²) in [4.78, 5) is 4.52. The maximum Gasteiger partial charge on any atom is 0.244 e. The second-order valence-electron chi connectivity index (χ2n) is 6.54. The van der Waals surface area contributed by atoms with Crippen molar-refractivity contribution >= 4 is 20.9 Å². The van der Waals surface area contributed by atoms with E-state index in [1.54, 1.807) is 43.5 Å². The topological polar surface area (TPSA) is 59.5 Å². The third-order valence-corrected chi connectivity index (χ3v) is 6.92. The average molecular weight is 386 g/mol. The molecule has 1 aromatic heterocycles. The maximum atomic E-state index is 13.7. The number of ether oxygens (including phenoxy) is 1. The Morgan fingerprint density at radius 3 is 2.85 bits per heavy atom. The smallest absolute Gasteiger partial charge is 0.244 e. The SMILES string of the molecule is Cc1ccc2ncccc2c1S(=O)(=O)N1CCOCC1c1cccc(F)c1. The summed E-state index contributed by atoms with van der Waals surface area (Å²) in [6.07, 6.45) is 1.64. The van der Waals surface area contributed by atoms with Crippen molar-refractivity contribution in [1.82, 2.24) is 9.29 Å². The largest absolute Gasteiger partial charge is 0.378 e. The molecule has 1 unspecified atom stereocenters. The van der Waals surface area contributed by atoms with E-state index in [0.717, 1.165) is 0 Å². The van der Waals surface area contributed by atoms with Gasteiger partial charge in [-0.1, -0.05) is 18.2 Å². The highest BCUT2D eigenvalue weighted by Gasteiger charge is 2.36. The maximum absolute atomic E-state index is 13.7. The van der Waals surface area contributed by atoms with E-state index in [9.17, 15) is 12.8 Å². The molecule has 5 nitrogen and oxygen atoms in total. The summed E-state index contributed by atoms with van der Waals surface area (Å²) in [5.41, 5.74) is 1.85. The summed E-state index contributed by atoms with van der Waals surface area (Å²) >= 11 is 0.